The number of nitrogens with zero attached hydrogens (tertiary/aromatic N) is 1. The molecule has 0 fully saturated rings. The normalized spacial score (nSPS) is 13.8. The van der Waals surface area contributed by atoms with Gasteiger partial charge in [-0.1, -0.05) is 6.92 Å². The van der Waals surface area contributed by atoms with Gasteiger partial charge in [-0.25, -0.2) is 5.06 Å². The lowest BCUT2D eigenvalue weighted by molar-refractivity contribution is -0.162. The summed E-state index contributed by atoms with van der Waals surface area (Å²) in [5.41, 5.74) is -0.795. The number of carbonyl (C=O) groups is 1. The van der Waals surface area contributed by atoms with Gasteiger partial charge in [0.2, 0.25) is 5.91 Å². The number of hydroxylamine groups is 2. The molecule has 84 valence electrons. The Morgan fingerprint density at radius 3 is 2.29 bits per heavy atom. The highest BCUT2D eigenvalue weighted by Gasteiger charge is 2.27. The van der Waals surface area contributed by atoms with Gasteiger partial charge in [0.15, 0.2) is 0 Å². The molecule has 6 nitrogen and oxygen atoms in total. The molecule has 0 aliphatic carbocycles. The molecule has 0 aliphatic heterocycles. The van der Waals surface area contributed by atoms with Crippen molar-refractivity contribution >= 4 is 13.5 Å². The number of hydrogen-bond donors (Lipinski definition) is 3. The van der Waals surface area contributed by atoms with Crippen LogP contribution in [-0.4, -0.2) is 38.2 Å². The van der Waals surface area contributed by atoms with Crippen molar-refractivity contribution in [1.29, 1.82) is 0 Å². The molecular formula is C7H16NO5P. The van der Waals surface area contributed by atoms with Crippen molar-refractivity contribution in [2.24, 2.45) is 0 Å². The first-order chi connectivity index (χ1) is 6.29. The highest BCUT2D eigenvalue weighted by Crippen LogP contribution is 2.44. The van der Waals surface area contributed by atoms with Crippen molar-refractivity contribution in [2.75, 3.05) is 6.54 Å². The first-order valence-corrected chi connectivity index (χ1v) is 5.99. The minimum Gasteiger partial charge on any atom is -0.324 e. The third-order valence-corrected chi connectivity index (χ3v) is 3.56. The minimum absolute atomic E-state index is 0.0566. The van der Waals surface area contributed by atoms with Crippen LogP contribution in [-0.2, 0) is 9.36 Å². The monoisotopic (exact) mass is 225 g/mol. The lowest BCUT2D eigenvalue weighted by Gasteiger charge is -2.19. The third kappa shape index (κ3) is 4.72. The summed E-state index contributed by atoms with van der Waals surface area (Å²) >= 11 is 0. The molecule has 0 aromatic carbocycles. The molecule has 1 atom stereocenters. The van der Waals surface area contributed by atoms with Gasteiger partial charge in [0.25, 0.3) is 0 Å². The van der Waals surface area contributed by atoms with Crippen LogP contribution in [0.15, 0.2) is 0 Å². The van der Waals surface area contributed by atoms with E-state index >= 15 is 0 Å². The Kier molecular flexibility index (Phi) is 5.29. The Labute approximate surface area is 82.6 Å². The molecule has 0 heterocycles. The van der Waals surface area contributed by atoms with E-state index in [0.717, 1.165) is 0 Å². The summed E-state index contributed by atoms with van der Waals surface area (Å²) in [7, 11) is -4.11. The van der Waals surface area contributed by atoms with Crippen LogP contribution in [0.3, 0.4) is 0 Å². The van der Waals surface area contributed by atoms with Crippen molar-refractivity contribution < 1.29 is 24.4 Å². The summed E-state index contributed by atoms with van der Waals surface area (Å²) in [5.74, 6) is -0.537. The average molecular weight is 225 g/mol. The number of carbonyl (C=O) groups excluding carboxylic acids is 1. The van der Waals surface area contributed by atoms with Gasteiger partial charge in [-0.05, 0) is 12.8 Å². The predicted molar refractivity (Wildman–Crippen MR) is 49.9 cm³/mol. The van der Waals surface area contributed by atoms with E-state index in [1.54, 1.807) is 6.92 Å². The molecule has 0 aromatic rings. The zero-order valence-corrected chi connectivity index (χ0v) is 9.15. The molecule has 0 spiro atoms. The SMILES string of the molecule is CCC(CCN(O)C(C)=O)P(=O)(O)O. The van der Waals surface area contributed by atoms with Crippen LogP contribution in [0.1, 0.15) is 26.7 Å². The summed E-state index contributed by atoms with van der Waals surface area (Å²) in [6, 6.07) is 0. The Hall–Kier alpha value is -0.420. The van der Waals surface area contributed by atoms with Gasteiger partial charge < -0.3 is 9.79 Å². The molecule has 0 aromatic heterocycles. The zero-order chi connectivity index (χ0) is 11.4. The van der Waals surface area contributed by atoms with E-state index in [1.165, 1.54) is 6.92 Å². The predicted octanol–water partition coefficient (Wildman–Crippen LogP) is 0.570. The van der Waals surface area contributed by atoms with Crippen LogP contribution >= 0.6 is 7.60 Å². The van der Waals surface area contributed by atoms with Crippen molar-refractivity contribution in [2.45, 2.75) is 32.3 Å². The number of hydrogen-bond acceptors (Lipinski definition) is 3. The second-order valence-electron chi connectivity index (χ2n) is 3.08. The van der Waals surface area contributed by atoms with E-state index in [2.05, 4.69) is 0 Å². The van der Waals surface area contributed by atoms with Crippen LogP contribution in [0.4, 0.5) is 0 Å². The molecule has 14 heavy (non-hydrogen) atoms. The van der Waals surface area contributed by atoms with Gasteiger partial charge in [-0.15, -0.1) is 0 Å². The minimum atomic E-state index is -4.11. The van der Waals surface area contributed by atoms with Crippen molar-refractivity contribution in [3.8, 4) is 0 Å². The van der Waals surface area contributed by atoms with E-state index in [4.69, 9.17) is 15.0 Å². The van der Waals surface area contributed by atoms with E-state index in [-0.39, 0.29) is 13.0 Å². The molecule has 0 radical (unpaired) electrons. The van der Waals surface area contributed by atoms with E-state index < -0.39 is 19.2 Å². The summed E-state index contributed by atoms with van der Waals surface area (Å²) in [6.07, 6.45) is 0.410. The molecule has 3 N–H and O–H groups in total. The zero-order valence-electron chi connectivity index (χ0n) is 8.25. The second kappa shape index (κ2) is 5.46. The maximum atomic E-state index is 10.9. The first kappa shape index (κ1) is 13.6. The summed E-state index contributed by atoms with van der Waals surface area (Å²) in [6.45, 7) is 2.77. The smallest absolute Gasteiger partial charge is 0.324 e. The molecule has 0 bridgehead atoms. The Balaban J connectivity index is 4.10. The lowest BCUT2D eigenvalue weighted by Crippen LogP contribution is -2.28. The summed E-state index contributed by atoms with van der Waals surface area (Å²) < 4.78 is 10.9. The highest BCUT2D eigenvalue weighted by molar-refractivity contribution is 7.52. The lowest BCUT2D eigenvalue weighted by atomic mass is 10.2. The van der Waals surface area contributed by atoms with Crippen LogP contribution in [0.25, 0.3) is 0 Å². The average Bonchev–Trinajstić information content (AvgIpc) is 2.02. The third-order valence-electron chi connectivity index (χ3n) is 1.98. The Morgan fingerprint density at radius 2 is 2.00 bits per heavy atom. The molecule has 7 heteroatoms. The fourth-order valence-electron chi connectivity index (χ4n) is 1.04. The maximum absolute atomic E-state index is 10.9. The fraction of sp³-hybridized carbons (Fsp3) is 0.857. The highest BCUT2D eigenvalue weighted by atomic mass is 31.2. The molecule has 0 rings (SSSR count). The van der Waals surface area contributed by atoms with Gasteiger partial charge in [0.1, 0.15) is 0 Å². The molecule has 1 amide bonds. The molecule has 0 saturated heterocycles. The number of amides is 1. The van der Waals surface area contributed by atoms with Gasteiger partial charge >= 0.3 is 7.60 Å². The van der Waals surface area contributed by atoms with Gasteiger partial charge in [0, 0.05) is 13.5 Å². The topological polar surface area (TPSA) is 98.1 Å². The largest absolute Gasteiger partial charge is 0.328 e. The second-order valence-corrected chi connectivity index (χ2v) is 4.99. The maximum Gasteiger partial charge on any atom is 0.328 e. The first-order valence-electron chi connectivity index (χ1n) is 4.31. The van der Waals surface area contributed by atoms with E-state index in [9.17, 15) is 9.36 Å². The fourth-order valence-corrected chi connectivity index (χ4v) is 1.97. The van der Waals surface area contributed by atoms with E-state index in [0.29, 0.717) is 11.5 Å². The number of rotatable bonds is 5. The van der Waals surface area contributed by atoms with Crippen LogP contribution < -0.4 is 0 Å². The molecule has 0 saturated carbocycles. The molecular weight excluding hydrogens is 209 g/mol. The summed E-state index contributed by atoms with van der Waals surface area (Å²) in [5, 5.41) is 9.42. The van der Waals surface area contributed by atoms with E-state index in [1.807, 2.05) is 0 Å². The van der Waals surface area contributed by atoms with Crippen LogP contribution in [0, 0.1) is 0 Å². The Morgan fingerprint density at radius 1 is 1.50 bits per heavy atom. The van der Waals surface area contributed by atoms with Gasteiger partial charge in [-0.3, -0.25) is 14.6 Å². The van der Waals surface area contributed by atoms with Crippen LogP contribution in [0.2, 0.25) is 0 Å². The van der Waals surface area contributed by atoms with Gasteiger partial charge in [-0.2, -0.15) is 0 Å². The standard InChI is InChI=1S/C7H16NO5P/c1-3-7(14(11,12)13)4-5-8(10)6(2)9/h7,10H,3-5H2,1-2H3,(H2,11,12,13). The molecule has 0 aliphatic rings. The van der Waals surface area contributed by atoms with Crippen molar-refractivity contribution in [3.63, 3.8) is 0 Å². The van der Waals surface area contributed by atoms with Gasteiger partial charge in [0.05, 0.1) is 5.66 Å². The quantitative estimate of drug-likeness (QED) is 0.361. The molecule has 1 unspecified atom stereocenters. The van der Waals surface area contributed by atoms with Crippen molar-refractivity contribution in [1.82, 2.24) is 5.06 Å². The Bertz CT molecular complexity index is 238. The van der Waals surface area contributed by atoms with Crippen molar-refractivity contribution in [3.05, 3.63) is 0 Å². The van der Waals surface area contributed by atoms with Crippen LogP contribution in [0.5, 0.6) is 0 Å². The summed E-state index contributed by atoms with van der Waals surface area (Å²) in [4.78, 5) is 28.3.